The van der Waals surface area contributed by atoms with Gasteiger partial charge >= 0.3 is 6.03 Å². The second-order valence-electron chi connectivity index (χ2n) is 4.88. The molecule has 0 radical (unpaired) electrons. The molecule has 1 aromatic heterocycles. The Morgan fingerprint density at radius 1 is 1.21 bits per heavy atom. The van der Waals surface area contributed by atoms with E-state index in [-0.39, 0.29) is 0 Å². The monoisotopic (exact) mass is 258 g/mol. The molecule has 0 atom stereocenters. The first-order valence-corrected chi connectivity index (χ1v) is 6.68. The maximum atomic E-state index is 11.8. The molecule has 0 aliphatic carbocycles. The van der Waals surface area contributed by atoms with Crippen molar-refractivity contribution in [3.05, 3.63) is 30.5 Å². The van der Waals surface area contributed by atoms with Gasteiger partial charge in [-0.15, -0.1) is 0 Å². The lowest BCUT2D eigenvalue weighted by atomic mass is 10.1. The Morgan fingerprint density at radius 2 is 1.95 bits per heavy atom. The van der Waals surface area contributed by atoms with E-state index in [0.717, 1.165) is 42.5 Å². The van der Waals surface area contributed by atoms with Gasteiger partial charge in [0.15, 0.2) is 0 Å². The number of carbonyl (C=O) groups is 1. The summed E-state index contributed by atoms with van der Waals surface area (Å²) in [5, 5.41) is 4.67. The normalized spacial score (nSPS) is 16.6. The Bertz CT molecular complexity index is 586. The minimum Gasteiger partial charge on any atom is -0.359 e. The molecule has 0 unspecified atom stereocenters. The summed E-state index contributed by atoms with van der Waals surface area (Å²) in [6.45, 7) is 1.75. The molecule has 2 amide bonds. The fourth-order valence-electron chi connectivity index (χ4n) is 2.72. The highest BCUT2D eigenvalue weighted by Gasteiger charge is 2.24. The Morgan fingerprint density at radius 3 is 2.68 bits per heavy atom. The van der Waals surface area contributed by atoms with Gasteiger partial charge in [-0.1, -0.05) is 24.6 Å². The zero-order valence-electron chi connectivity index (χ0n) is 10.8. The number of para-hydroxylation sites is 1. The van der Waals surface area contributed by atoms with Crippen LogP contribution in [-0.2, 0) is 0 Å². The number of hydrogen-bond acceptors (Lipinski definition) is 2. The van der Waals surface area contributed by atoms with Crippen LogP contribution in [0.4, 0.5) is 10.5 Å². The van der Waals surface area contributed by atoms with Crippen molar-refractivity contribution in [2.24, 2.45) is 5.73 Å². The SMILES string of the molecule is NC(=O)N(c1c[nH]c2ccccc12)N1CCCCC1. The fraction of sp³-hybridized carbons (Fsp3) is 0.357. The molecule has 1 aliphatic rings. The number of benzene rings is 1. The van der Waals surface area contributed by atoms with Gasteiger partial charge in [0.2, 0.25) is 0 Å². The molecule has 0 bridgehead atoms. The lowest BCUT2D eigenvalue weighted by molar-refractivity contribution is 0.197. The number of hydrazine groups is 1. The highest BCUT2D eigenvalue weighted by atomic mass is 16.2. The van der Waals surface area contributed by atoms with Gasteiger partial charge in [0, 0.05) is 30.2 Å². The lowest BCUT2D eigenvalue weighted by Crippen LogP contribution is -2.51. The highest BCUT2D eigenvalue weighted by molar-refractivity contribution is 6.01. The number of carbonyl (C=O) groups excluding carboxylic acids is 1. The zero-order chi connectivity index (χ0) is 13.2. The predicted octanol–water partition coefficient (Wildman–Crippen LogP) is 2.45. The molecule has 2 aromatic rings. The third-order valence-corrected chi connectivity index (χ3v) is 3.62. The number of hydrogen-bond donors (Lipinski definition) is 2. The van der Waals surface area contributed by atoms with Gasteiger partial charge in [-0.3, -0.25) is 0 Å². The van der Waals surface area contributed by atoms with Crippen molar-refractivity contribution in [1.82, 2.24) is 9.99 Å². The Hall–Kier alpha value is -2.01. The van der Waals surface area contributed by atoms with Crippen molar-refractivity contribution in [2.75, 3.05) is 18.1 Å². The third-order valence-electron chi connectivity index (χ3n) is 3.62. The molecule has 1 saturated heterocycles. The first kappa shape index (κ1) is 12.0. The van der Waals surface area contributed by atoms with E-state index in [9.17, 15) is 4.79 Å². The number of nitrogens with two attached hydrogens (primary N) is 1. The van der Waals surface area contributed by atoms with E-state index in [2.05, 4.69) is 4.98 Å². The minimum absolute atomic E-state index is 0.424. The Kier molecular flexibility index (Phi) is 3.13. The number of urea groups is 1. The molecule has 100 valence electrons. The zero-order valence-corrected chi connectivity index (χ0v) is 10.8. The van der Waals surface area contributed by atoms with E-state index in [1.165, 1.54) is 6.42 Å². The van der Waals surface area contributed by atoms with Crippen molar-refractivity contribution in [2.45, 2.75) is 19.3 Å². The number of primary amides is 1. The number of amides is 2. The predicted molar refractivity (Wildman–Crippen MR) is 75.8 cm³/mol. The summed E-state index contributed by atoms with van der Waals surface area (Å²) in [6, 6.07) is 7.51. The van der Waals surface area contributed by atoms with Crippen LogP contribution in [0.5, 0.6) is 0 Å². The first-order valence-electron chi connectivity index (χ1n) is 6.68. The van der Waals surface area contributed by atoms with Gasteiger partial charge in [0.25, 0.3) is 0 Å². The van der Waals surface area contributed by atoms with Gasteiger partial charge in [0.1, 0.15) is 0 Å². The van der Waals surface area contributed by atoms with Crippen LogP contribution in [0.3, 0.4) is 0 Å². The quantitative estimate of drug-likeness (QED) is 0.869. The molecule has 3 N–H and O–H groups in total. The topological polar surface area (TPSA) is 65.4 Å². The molecule has 5 nitrogen and oxygen atoms in total. The summed E-state index contributed by atoms with van der Waals surface area (Å²) in [7, 11) is 0. The van der Waals surface area contributed by atoms with Crippen LogP contribution in [0.1, 0.15) is 19.3 Å². The van der Waals surface area contributed by atoms with Gasteiger partial charge in [0.05, 0.1) is 5.69 Å². The summed E-state index contributed by atoms with van der Waals surface area (Å²) in [5.41, 5.74) is 7.43. The van der Waals surface area contributed by atoms with Crippen LogP contribution in [0, 0.1) is 0 Å². The van der Waals surface area contributed by atoms with Gasteiger partial charge in [-0.05, 0) is 18.9 Å². The smallest absolute Gasteiger partial charge is 0.334 e. The fourth-order valence-corrected chi connectivity index (χ4v) is 2.72. The Balaban J connectivity index is 2.01. The molecule has 5 heteroatoms. The third kappa shape index (κ3) is 2.17. The Labute approximate surface area is 111 Å². The number of rotatable bonds is 2. The summed E-state index contributed by atoms with van der Waals surface area (Å²) < 4.78 is 0. The van der Waals surface area contributed by atoms with Crippen LogP contribution in [-0.4, -0.2) is 29.1 Å². The van der Waals surface area contributed by atoms with Crippen molar-refractivity contribution < 1.29 is 4.79 Å². The summed E-state index contributed by atoms with van der Waals surface area (Å²) in [5.74, 6) is 0. The molecular weight excluding hydrogens is 240 g/mol. The van der Waals surface area contributed by atoms with E-state index < -0.39 is 6.03 Å². The molecular formula is C14H18N4O. The van der Waals surface area contributed by atoms with E-state index in [1.54, 1.807) is 5.01 Å². The molecule has 19 heavy (non-hydrogen) atoms. The van der Waals surface area contributed by atoms with Crippen LogP contribution in [0.15, 0.2) is 30.5 Å². The number of piperidine rings is 1. The number of aromatic nitrogens is 1. The maximum absolute atomic E-state index is 11.8. The molecule has 3 rings (SSSR count). The number of nitrogens with zero attached hydrogens (tertiary/aromatic N) is 2. The number of fused-ring (bicyclic) bond motifs is 1. The molecule has 1 aromatic carbocycles. The number of aromatic amines is 1. The average Bonchev–Trinajstić information content (AvgIpc) is 2.84. The number of nitrogens with one attached hydrogen (secondary N) is 1. The first-order chi connectivity index (χ1) is 9.27. The second-order valence-corrected chi connectivity index (χ2v) is 4.88. The van der Waals surface area contributed by atoms with E-state index in [0.29, 0.717) is 0 Å². The van der Waals surface area contributed by atoms with E-state index in [1.807, 2.05) is 35.5 Å². The van der Waals surface area contributed by atoms with Crippen LogP contribution < -0.4 is 10.7 Å². The maximum Gasteiger partial charge on any atom is 0.334 e. The van der Waals surface area contributed by atoms with Crippen molar-refractivity contribution in [3.8, 4) is 0 Å². The molecule has 0 spiro atoms. The molecule has 1 fully saturated rings. The number of H-pyrrole nitrogens is 1. The summed E-state index contributed by atoms with van der Waals surface area (Å²) in [4.78, 5) is 15.0. The van der Waals surface area contributed by atoms with Gasteiger partial charge in [-0.25, -0.2) is 14.8 Å². The highest BCUT2D eigenvalue weighted by Crippen LogP contribution is 2.28. The largest absolute Gasteiger partial charge is 0.359 e. The van der Waals surface area contributed by atoms with Crippen molar-refractivity contribution >= 4 is 22.6 Å². The standard InChI is InChI=1S/C14H18N4O/c15-14(19)18(17-8-4-1-5-9-17)13-10-16-12-7-3-2-6-11(12)13/h2-3,6-7,10,16H,1,4-5,8-9H2,(H2,15,19). The summed E-state index contributed by atoms with van der Waals surface area (Å²) >= 11 is 0. The molecule has 2 heterocycles. The second kappa shape index (κ2) is 4.93. The van der Waals surface area contributed by atoms with Gasteiger partial charge in [-0.2, -0.15) is 0 Å². The molecule has 0 saturated carbocycles. The molecule has 1 aliphatic heterocycles. The lowest BCUT2D eigenvalue weighted by Gasteiger charge is -2.35. The van der Waals surface area contributed by atoms with Crippen LogP contribution in [0.2, 0.25) is 0 Å². The minimum atomic E-state index is -0.424. The van der Waals surface area contributed by atoms with E-state index >= 15 is 0 Å². The van der Waals surface area contributed by atoms with Gasteiger partial charge < -0.3 is 10.7 Å². The van der Waals surface area contributed by atoms with E-state index in [4.69, 9.17) is 5.73 Å². The van der Waals surface area contributed by atoms with Crippen LogP contribution in [0.25, 0.3) is 10.9 Å². The van der Waals surface area contributed by atoms with Crippen molar-refractivity contribution in [1.29, 1.82) is 0 Å². The van der Waals surface area contributed by atoms with Crippen molar-refractivity contribution in [3.63, 3.8) is 0 Å². The summed E-state index contributed by atoms with van der Waals surface area (Å²) in [6.07, 6.45) is 5.28. The number of anilines is 1. The van der Waals surface area contributed by atoms with Crippen LogP contribution >= 0.6 is 0 Å². The average molecular weight is 258 g/mol.